The highest BCUT2D eigenvalue weighted by molar-refractivity contribution is 5.95. The molecule has 1 rings (SSSR count). The third-order valence-electron chi connectivity index (χ3n) is 2.75. The van der Waals surface area contributed by atoms with Crippen LogP contribution in [-0.4, -0.2) is 12.4 Å². The van der Waals surface area contributed by atoms with Crippen molar-refractivity contribution in [3.8, 4) is 5.75 Å². The minimum atomic E-state index is -0.462. The van der Waals surface area contributed by atoms with E-state index in [2.05, 4.69) is 6.92 Å². The van der Waals surface area contributed by atoms with Gasteiger partial charge in [-0.15, -0.1) is 0 Å². The fourth-order valence-corrected chi connectivity index (χ4v) is 1.67. The zero-order chi connectivity index (χ0) is 13.4. The smallest absolute Gasteiger partial charge is 0.165 e. The molecule has 0 amide bonds. The van der Waals surface area contributed by atoms with Gasteiger partial charge in [-0.05, 0) is 24.6 Å². The van der Waals surface area contributed by atoms with Crippen LogP contribution >= 0.6 is 0 Å². The topological polar surface area (TPSA) is 59.1 Å². The fraction of sp³-hybridized carbons (Fsp3) is 0.500. The highest BCUT2D eigenvalue weighted by Crippen LogP contribution is 2.18. The van der Waals surface area contributed by atoms with Crippen molar-refractivity contribution in [2.75, 3.05) is 6.61 Å². The summed E-state index contributed by atoms with van der Waals surface area (Å²) in [6.07, 6.45) is 5.70. The second-order valence-corrected chi connectivity index (χ2v) is 4.32. The molecule has 18 heavy (non-hydrogen) atoms. The summed E-state index contributed by atoms with van der Waals surface area (Å²) in [6, 6.07) is 4.35. The van der Waals surface area contributed by atoms with Gasteiger partial charge in [0.2, 0.25) is 0 Å². The highest BCUT2D eigenvalue weighted by atomic mass is 19.1. The highest BCUT2D eigenvalue weighted by Gasteiger charge is 2.06. The van der Waals surface area contributed by atoms with Crippen LogP contribution in [-0.2, 0) is 0 Å². The first kappa shape index (κ1) is 14.5. The van der Waals surface area contributed by atoms with E-state index in [0.717, 1.165) is 12.8 Å². The summed E-state index contributed by atoms with van der Waals surface area (Å²) in [4.78, 5) is 0. The maximum absolute atomic E-state index is 13.6. The van der Waals surface area contributed by atoms with E-state index in [1.165, 1.54) is 31.4 Å². The van der Waals surface area contributed by atoms with Gasteiger partial charge in [0.25, 0.3) is 0 Å². The van der Waals surface area contributed by atoms with Crippen molar-refractivity contribution < 1.29 is 9.13 Å². The summed E-state index contributed by atoms with van der Waals surface area (Å²) in [7, 11) is 0. The van der Waals surface area contributed by atoms with Gasteiger partial charge in [-0.3, -0.25) is 5.41 Å². The number of hydrogen-bond donors (Lipinski definition) is 2. The van der Waals surface area contributed by atoms with Crippen LogP contribution in [0, 0.1) is 11.2 Å². The Bertz CT molecular complexity index is 393. The monoisotopic (exact) mass is 252 g/mol. The van der Waals surface area contributed by atoms with Crippen molar-refractivity contribution in [1.82, 2.24) is 0 Å². The molecule has 0 atom stereocenters. The van der Waals surface area contributed by atoms with Gasteiger partial charge >= 0.3 is 0 Å². The molecular formula is C14H21FN2O. The van der Waals surface area contributed by atoms with E-state index in [0.29, 0.717) is 12.2 Å². The molecule has 0 saturated heterocycles. The predicted molar refractivity (Wildman–Crippen MR) is 71.7 cm³/mol. The minimum Gasteiger partial charge on any atom is -0.491 e. The SMILES string of the molecule is CCCCCCCOc1ccc(C(=N)N)cc1F. The summed E-state index contributed by atoms with van der Waals surface area (Å²) in [5.41, 5.74) is 5.65. The van der Waals surface area contributed by atoms with Crippen molar-refractivity contribution in [3.05, 3.63) is 29.6 Å². The molecule has 4 heteroatoms. The molecule has 1 aromatic carbocycles. The number of nitrogens with one attached hydrogen (secondary N) is 1. The van der Waals surface area contributed by atoms with Gasteiger partial charge in [0.05, 0.1) is 6.61 Å². The van der Waals surface area contributed by atoms with Gasteiger partial charge in [0, 0.05) is 5.56 Å². The van der Waals surface area contributed by atoms with Crippen molar-refractivity contribution in [2.45, 2.75) is 39.0 Å². The average Bonchev–Trinajstić information content (AvgIpc) is 2.35. The summed E-state index contributed by atoms with van der Waals surface area (Å²) >= 11 is 0. The zero-order valence-electron chi connectivity index (χ0n) is 10.8. The maximum atomic E-state index is 13.6. The van der Waals surface area contributed by atoms with Crippen LogP contribution in [0.5, 0.6) is 5.75 Å². The number of hydrogen-bond acceptors (Lipinski definition) is 2. The Kier molecular flexibility index (Phi) is 6.19. The summed E-state index contributed by atoms with van der Waals surface area (Å²) in [6.45, 7) is 2.70. The number of unbranched alkanes of at least 4 members (excludes halogenated alkanes) is 4. The molecule has 0 heterocycles. The molecule has 0 aromatic heterocycles. The number of amidine groups is 1. The largest absolute Gasteiger partial charge is 0.491 e. The molecule has 0 radical (unpaired) electrons. The van der Waals surface area contributed by atoms with Gasteiger partial charge in [-0.2, -0.15) is 0 Å². The minimum absolute atomic E-state index is 0.139. The molecule has 3 nitrogen and oxygen atoms in total. The van der Waals surface area contributed by atoms with Crippen LogP contribution in [0.3, 0.4) is 0 Å². The molecule has 100 valence electrons. The normalized spacial score (nSPS) is 10.3. The third kappa shape index (κ3) is 4.73. The maximum Gasteiger partial charge on any atom is 0.165 e. The van der Waals surface area contributed by atoms with Crippen LogP contribution < -0.4 is 10.5 Å². The zero-order valence-corrected chi connectivity index (χ0v) is 10.8. The van der Waals surface area contributed by atoms with Crippen LogP contribution in [0.1, 0.15) is 44.6 Å². The van der Waals surface area contributed by atoms with Gasteiger partial charge in [0.15, 0.2) is 11.6 Å². The van der Waals surface area contributed by atoms with Crippen molar-refractivity contribution in [1.29, 1.82) is 5.41 Å². The van der Waals surface area contributed by atoms with Crippen LogP contribution in [0.25, 0.3) is 0 Å². The lowest BCUT2D eigenvalue weighted by Gasteiger charge is -2.08. The van der Waals surface area contributed by atoms with E-state index in [1.807, 2.05) is 0 Å². The van der Waals surface area contributed by atoms with Gasteiger partial charge in [0.1, 0.15) is 5.84 Å². The molecule has 3 N–H and O–H groups in total. The average molecular weight is 252 g/mol. The van der Waals surface area contributed by atoms with Gasteiger partial charge in [-0.25, -0.2) is 4.39 Å². The third-order valence-corrected chi connectivity index (χ3v) is 2.75. The lowest BCUT2D eigenvalue weighted by molar-refractivity contribution is 0.290. The molecule has 0 unspecified atom stereocenters. The summed E-state index contributed by atoms with van der Waals surface area (Å²) in [5.74, 6) is -0.369. The van der Waals surface area contributed by atoms with Crippen LogP contribution in [0.4, 0.5) is 4.39 Å². The number of nitrogen functional groups attached to an aromatic ring is 1. The Hall–Kier alpha value is -1.58. The van der Waals surface area contributed by atoms with Crippen molar-refractivity contribution in [3.63, 3.8) is 0 Å². The number of nitrogens with two attached hydrogens (primary N) is 1. The second kappa shape index (κ2) is 7.69. The molecule has 0 fully saturated rings. The first-order valence-electron chi connectivity index (χ1n) is 6.42. The van der Waals surface area contributed by atoms with E-state index in [9.17, 15) is 4.39 Å². The molecule has 0 bridgehead atoms. The number of halogens is 1. The van der Waals surface area contributed by atoms with Gasteiger partial charge < -0.3 is 10.5 Å². The molecule has 0 saturated carbocycles. The van der Waals surface area contributed by atoms with Crippen LogP contribution in [0.15, 0.2) is 18.2 Å². The Balaban J connectivity index is 2.36. The van der Waals surface area contributed by atoms with E-state index in [-0.39, 0.29) is 11.6 Å². The van der Waals surface area contributed by atoms with E-state index < -0.39 is 5.82 Å². The molecule has 1 aromatic rings. The Labute approximate surface area is 108 Å². The van der Waals surface area contributed by atoms with E-state index in [4.69, 9.17) is 15.9 Å². The van der Waals surface area contributed by atoms with Gasteiger partial charge in [-0.1, -0.05) is 32.6 Å². The summed E-state index contributed by atoms with van der Waals surface area (Å²) in [5, 5.41) is 7.21. The standard InChI is InChI=1S/C14H21FN2O/c1-2-3-4-5-6-9-18-13-8-7-11(14(16)17)10-12(13)15/h7-8,10H,2-6,9H2,1H3,(H3,16,17). The lowest BCUT2D eigenvalue weighted by atomic mass is 10.1. The molecule has 0 spiro atoms. The fourth-order valence-electron chi connectivity index (χ4n) is 1.67. The molecular weight excluding hydrogens is 231 g/mol. The lowest BCUT2D eigenvalue weighted by Crippen LogP contribution is -2.11. The number of ether oxygens (including phenoxy) is 1. The number of benzene rings is 1. The van der Waals surface area contributed by atoms with Crippen molar-refractivity contribution >= 4 is 5.84 Å². The molecule has 0 aliphatic heterocycles. The van der Waals surface area contributed by atoms with Crippen LogP contribution in [0.2, 0.25) is 0 Å². The quantitative estimate of drug-likeness (QED) is 0.423. The van der Waals surface area contributed by atoms with E-state index >= 15 is 0 Å². The number of rotatable bonds is 8. The molecule has 0 aliphatic rings. The Morgan fingerprint density at radius 3 is 2.61 bits per heavy atom. The Morgan fingerprint density at radius 2 is 2.00 bits per heavy atom. The molecule has 0 aliphatic carbocycles. The van der Waals surface area contributed by atoms with Crippen molar-refractivity contribution in [2.24, 2.45) is 5.73 Å². The van der Waals surface area contributed by atoms with E-state index in [1.54, 1.807) is 6.07 Å². The Morgan fingerprint density at radius 1 is 1.28 bits per heavy atom. The summed E-state index contributed by atoms with van der Waals surface area (Å²) < 4.78 is 18.9. The first-order chi connectivity index (χ1) is 8.65. The first-order valence-corrected chi connectivity index (χ1v) is 6.42. The second-order valence-electron chi connectivity index (χ2n) is 4.32. The predicted octanol–water partition coefficient (Wildman–Crippen LogP) is 3.46.